The van der Waals surface area contributed by atoms with E-state index in [9.17, 15) is 26.3 Å². The lowest BCUT2D eigenvalue weighted by atomic mass is 10.2. The second-order valence-electron chi connectivity index (χ2n) is 6.44. The SMILES string of the molecule is Nc1cc(Nc2ccc(C(F)(F)F)cc2)nc(-c2c(C(F)(F)F)nc3ccccn23)n1. The Morgan fingerprint density at radius 1 is 0.839 bits per heavy atom. The van der Waals surface area contributed by atoms with Gasteiger partial charge in [-0.15, -0.1) is 0 Å². The number of aromatic nitrogens is 4. The van der Waals surface area contributed by atoms with Gasteiger partial charge in [-0.1, -0.05) is 6.07 Å². The van der Waals surface area contributed by atoms with E-state index in [4.69, 9.17) is 5.73 Å². The quantitative estimate of drug-likeness (QED) is 0.432. The fourth-order valence-corrected chi connectivity index (χ4v) is 2.93. The van der Waals surface area contributed by atoms with Gasteiger partial charge >= 0.3 is 12.4 Å². The molecule has 3 heterocycles. The first-order valence-electron chi connectivity index (χ1n) is 8.66. The molecule has 0 radical (unpaired) electrons. The van der Waals surface area contributed by atoms with Crippen LogP contribution in [0.15, 0.2) is 54.7 Å². The molecule has 0 aliphatic rings. The molecule has 3 N–H and O–H groups in total. The van der Waals surface area contributed by atoms with Crippen molar-refractivity contribution in [2.75, 3.05) is 11.1 Å². The maximum atomic E-state index is 13.6. The molecule has 0 aliphatic heterocycles. The number of pyridine rings is 1. The predicted molar refractivity (Wildman–Crippen MR) is 100 cm³/mol. The number of rotatable bonds is 3. The Bertz CT molecular complexity index is 1240. The number of alkyl halides is 6. The molecular formula is C19H12F6N6. The van der Waals surface area contributed by atoms with Gasteiger partial charge in [-0.3, -0.25) is 4.40 Å². The molecular weight excluding hydrogens is 426 g/mol. The molecule has 4 rings (SSSR count). The summed E-state index contributed by atoms with van der Waals surface area (Å²) in [7, 11) is 0. The molecule has 0 spiro atoms. The smallest absolute Gasteiger partial charge is 0.384 e. The first kappa shape index (κ1) is 20.4. The van der Waals surface area contributed by atoms with Gasteiger partial charge in [0.1, 0.15) is 23.0 Å². The standard InChI is InChI=1S/C19H12F6N6/c20-18(21,22)10-4-6-11(7-5-10)27-13-9-12(26)28-17(29-13)15-16(19(23,24)25)30-14-3-1-2-8-31(14)15/h1-9H,(H3,26,27,28,29). The van der Waals surface area contributed by atoms with Gasteiger partial charge in [-0.05, 0) is 36.4 Å². The number of imidazole rings is 1. The lowest BCUT2D eigenvalue weighted by Crippen LogP contribution is -2.10. The highest BCUT2D eigenvalue weighted by molar-refractivity contribution is 5.67. The molecule has 160 valence electrons. The number of hydrogen-bond acceptors (Lipinski definition) is 5. The Morgan fingerprint density at radius 2 is 1.55 bits per heavy atom. The van der Waals surface area contributed by atoms with Gasteiger partial charge in [0.15, 0.2) is 11.5 Å². The van der Waals surface area contributed by atoms with E-state index in [2.05, 4.69) is 20.3 Å². The molecule has 0 aliphatic carbocycles. The Balaban J connectivity index is 1.77. The van der Waals surface area contributed by atoms with Crippen LogP contribution < -0.4 is 11.1 Å². The van der Waals surface area contributed by atoms with Gasteiger partial charge in [0.2, 0.25) is 0 Å². The fourth-order valence-electron chi connectivity index (χ4n) is 2.93. The molecule has 0 atom stereocenters. The van der Waals surface area contributed by atoms with E-state index in [0.29, 0.717) is 0 Å². The van der Waals surface area contributed by atoms with E-state index in [0.717, 1.165) is 24.3 Å². The van der Waals surface area contributed by atoms with Crippen molar-refractivity contribution < 1.29 is 26.3 Å². The van der Waals surface area contributed by atoms with E-state index in [1.54, 1.807) is 0 Å². The Kier molecular flexibility index (Phi) is 4.71. The minimum absolute atomic E-state index is 0.00117. The number of nitrogen functional groups attached to an aromatic ring is 1. The van der Waals surface area contributed by atoms with Crippen LogP contribution in [0.4, 0.5) is 43.7 Å². The molecule has 1 aromatic carbocycles. The monoisotopic (exact) mass is 438 g/mol. The summed E-state index contributed by atoms with van der Waals surface area (Å²) >= 11 is 0. The summed E-state index contributed by atoms with van der Waals surface area (Å²) < 4.78 is 80.1. The van der Waals surface area contributed by atoms with Crippen molar-refractivity contribution in [3.63, 3.8) is 0 Å². The molecule has 31 heavy (non-hydrogen) atoms. The zero-order chi connectivity index (χ0) is 22.4. The van der Waals surface area contributed by atoms with Crippen LogP contribution in [0.25, 0.3) is 17.2 Å². The maximum absolute atomic E-state index is 13.6. The molecule has 6 nitrogen and oxygen atoms in total. The number of hydrogen-bond donors (Lipinski definition) is 2. The highest BCUT2D eigenvalue weighted by Gasteiger charge is 2.39. The van der Waals surface area contributed by atoms with Gasteiger partial charge in [-0.2, -0.15) is 26.3 Å². The number of nitrogens with one attached hydrogen (secondary N) is 1. The Hall–Kier alpha value is -3.83. The van der Waals surface area contributed by atoms with Crippen LogP contribution in [0.5, 0.6) is 0 Å². The first-order valence-corrected chi connectivity index (χ1v) is 8.66. The third-order valence-electron chi connectivity index (χ3n) is 4.24. The topological polar surface area (TPSA) is 81.1 Å². The highest BCUT2D eigenvalue weighted by Crippen LogP contribution is 2.37. The average Bonchev–Trinajstić information content (AvgIpc) is 3.07. The van der Waals surface area contributed by atoms with E-state index < -0.39 is 29.3 Å². The summed E-state index contributed by atoms with van der Waals surface area (Å²) in [6.07, 6.45) is -7.90. The summed E-state index contributed by atoms with van der Waals surface area (Å²) in [6, 6.07) is 9.74. The number of benzene rings is 1. The van der Waals surface area contributed by atoms with Crippen molar-refractivity contribution in [3.8, 4) is 11.5 Å². The van der Waals surface area contributed by atoms with Gasteiger partial charge in [0.25, 0.3) is 0 Å². The van der Waals surface area contributed by atoms with Gasteiger partial charge in [0.05, 0.1) is 5.56 Å². The molecule has 4 aromatic rings. The Labute approximate surface area is 170 Å². The second kappa shape index (κ2) is 7.15. The van der Waals surface area contributed by atoms with Crippen LogP contribution in [0, 0.1) is 0 Å². The van der Waals surface area contributed by atoms with Crippen molar-refractivity contribution in [1.29, 1.82) is 0 Å². The van der Waals surface area contributed by atoms with E-state index in [1.165, 1.54) is 34.9 Å². The van der Waals surface area contributed by atoms with Crippen LogP contribution in [0.1, 0.15) is 11.3 Å². The first-order chi connectivity index (χ1) is 14.5. The van der Waals surface area contributed by atoms with E-state index >= 15 is 0 Å². The molecule has 3 aromatic heterocycles. The number of nitrogens with two attached hydrogens (primary N) is 1. The van der Waals surface area contributed by atoms with Crippen molar-refractivity contribution in [2.24, 2.45) is 0 Å². The van der Waals surface area contributed by atoms with Crippen molar-refractivity contribution in [1.82, 2.24) is 19.4 Å². The third-order valence-corrected chi connectivity index (χ3v) is 4.24. The van der Waals surface area contributed by atoms with Crippen LogP contribution in [0.3, 0.4) is 0 Å². The Morgan fingerprint density at radius 3 is 2.19 bits per heavy atom. The van der Waals surface area contributed by atoms with E-state index in [-0.39, 0.29) is 28.8 Å². The number of anilines is 3. The van der Waals surface area contributed by atoms with Crippen molar-refractivity contribution >= 4 is 23.0 Å². The summed E-state index contributed by atoms with van der Waals surface area (Å²) in [4.78, 5) is 11.6. The molecule has 0 unspecified atom stereocenters. The van der Waals surface area contributed by atoms with Crippen LogP contribution in [-0.2, 0) is 12.4 Å². The summed E-state index contributed by atoms with van der Waals surface area (Å²) in [5.41, 5.74) is 3.57. The fraction of sp³-hybridized carbons (Fsp3) is 0.105. The lowest BCUT2D eigenvalue weighted by molar-refractivity contribution is -0.140. The summed E-state index contributed by atoms with van der Waals surface area (Å²) in [6.45, 7) is 0. The molecule has 0 saturated carbocycles. The van der Waals surface area contributed by atoms with Gasteiger partial charge in [0, 0.05) is 18.0 Å². The zero-order valence-electron chi connectivity index (χ0n) is 15.3. The molecule has 0 amide bonds. The van der Waals surface area contributed by atoms with Crippen LogP contribution >= 0.6 is 0 Å². The number of fused-ring (bicyclic) bond motifs is 1. The summed E-state index contributed by atoms with van der Waals surface area (Å²) in [5, 5.41) is 2.72. The minimum atomic E-state index is -4.78. The molecule has 0 fully saturated rings. The number of halogens is 6. The number of nitrogens with zero attached hydrogens (tertiary/aromatic N) is 4. The van der Waals surface area contributed by atoms with Gasteiger partial charge in [-0.25, -0.2) is 15.0 Å². The summed E-state index contributed by atoms with van der Waals surface area (Å²) in [5.74, 6) is -0.486. The highest BCUT2D eigenvalue weighted by atomic mass is 19.4. The lowest BCUT2D eigenvalue weighted by Gasteiger charge is -2.11. The molecule has 0 bridgehead atoms. The predicted octanol–water partition coefficient (Wildman–Crippen LogP) is 5.15. The van der Waals surface area contributed by atoms with Crippen molar-refractivity contribution in [3.05, 3.63) is 66.0 Å². The molecule has 0 saturated heterocycles. The van der Waals surface area contributed by atoms with Crippen LogP contribution in [0.2, 0.25) is 0 Å². The minimum Gasteiger partial charge on any atom is -0.384 e. The zero-order valence-corrected chi connectivity index (χ0v) is 15.3. The second-order valence-corrected chi connectivity index (χ2v) is 6.44. The van der Waals surface area contributed by atoms with Crippen LogP contribution in [-0.4, -0.2) is 19.4 Å². The largest absolute Gasteiger partial charge is 0.435 e. The maximum Gasteiger partial charge on any atom is 0.435 e. The van der Waals surface area contributed by atoms with Gasteiger partial charge < -0.3 is 11.1 Å². The molecule has 12 heteroatoms. The average molecular weight is 438 g/mol. The normalized spacial score (nSPS) is 12.3. The van der Waals surface area contributed by atoms with E-state index in [1.807, 2.05) is 0 Å². The van der Waals surface area contributed by atoms with Crippen molar-refractivity contribution in [2.45, 2.75) is 12.4 Å². The third kappa shape index (κ3) is 4.09.